The molecule has 0 saturated carbocycles. The number of rotatable bonds is 2. The summed E-state index contributed by atoms with van der Waals surface area (Å²) in [6.07, 6.45) is 6.64. The summed E-state index contributed by atoms with van der Waals surface area (Å²) in [4.78, 5) is 18.5. The summed E-state index contributed by atoms with van der Waals surface area (Å²) in [5.41, 5.74) is 2.24. The van der Waals surface area contributed by atoms with E-state index in [0.717, 1.165) is 11.0 Å². The van der Waals surface area contributed by atoms with Crippen molar-refractivity contribution in [3.8, 4) is 12.3 Å². The number of imidazole rings is 1. The molecule has 4 nitrogen and oxygen atoms in total. The van der Waals surface area contributed by atoms with Gasteiger partial charge in [-0.25, -0.2) is 4.98 Å². The second-order valence-corrected chi connectivity index (χ2v) is 3.02. The lowest BCUT2D eigenvalue weighted by Gasteiger charge is -2.00. The molecule has 1 aromatic heterocycles. The molecule has 0 unspecified atom stereocenters. The van der Waals surface area contributed by atoms with E-state index in [2.05, 4.69) is 21.2 Å². The molecule has 2 aromatic rings. The van der Waals surface area contributed by atoms with Crippen LogP contribution in [0.15, 0.2) is 24.5 Å². The highest BCUT2D eigenvalue weighted by molar-refractivity contribution is 5.97. The number of benzene rings is 1. The van der Waals surface area contributed by atoms with Crippen LogP contribution < -0.4 is 5.32 Å². The van der Waals surface area contributed by atoms with Crippen LogP contribution in [0.1, 0.15) is 10.4 Å². The molecule has 0 atom stereocenters. The number of H-pyrrole nitrogens is 1. The van der Waals surface area contributed by atoms with Gasteiger partial charge in [0.2, 0.25) is 0 Å². The van der Waals surface area contributed by atoms with Crippen LogP contribution >= 0.6 is 0 Å². The van der Waals surface area contributed by atoms with Gasteiger partial charge >= 0.3 is 0 Å². The second-order valence-electron chi connectivity index (χ2n) is 3.02. The Morgan fingerprint density at radius 2 is 2.47 bits per heavy atom. The lowest BCUT2D eigenvalue weighted by molar-refractivity contribution is 0.0959. The molecule has 1 aromatic carbocycles. The van der Waals surface area contributed by atoms with Gasteiger partial charge in [-0.2, -0.15) is 0 Å². The number of terminal acetylenes is 1. The van der Waals surface area contributed by atoms with Crippen molar-refractivity contribution in [1.29, 1.82) is 0 Å². The van der Waals surface area contributed by atoms with Crippen molar-refractivity contribution in [2.75, 3.05) is 6.54 Å². The van der Waals surface area contributed by atoms with E-state index in [9.17, 15) is 4.79 Å². The summed E-state index contributed by atoms with van der Waals surface area (Å²) >= 11 is 0. The monoisotopic (exact) mass is 199 g/mol. The van der Waals surface area contributed by atoms with Crippen LogP contribution in [0.3, 0.4) is 0 Å². The zero-order chi connectivity index (χ0) is 10.7. The van der Waals surface area contributed by atoms with Gasteiger partial charge in [-0.15, -0.1) is 6.42 Å². The Morgan fingerprint density at radius 3 is 3.27 bits per heavy atom. The first-order chi connectivity index (χ1) is 7.31. The van der Waals surface area contributed by atoms with Crippen LogP contribution in [-0.2, 0) is 0 Å². The first kappa shape index (κ1) is 9.28. The van der Waals surface area contributed by atoms with Crippen LogP contribution in [0.4, 0.5) is 0 Å². The first-order valence-corrected chi connectivity index (χ1v) is 4.46. The fourth-order valence-corrected chi connectivity index (χ4v) is 1.31. The predicted molar refractivity (Wildman–Crippen MR) is 57.3 cm³/mol. The minimum Gasteiger partial charge on any atom is -0.345 e. The molecule has 4 heteroatoms. The summed E-state index contributed by atoms with van der Waals surface area (Å²) in [6, 6.07) is 5.25. The number of aromatic amines is 1. The average molecular weight is 199 g/mol. The van der Waals surface area contributed by atoms with Gasteiger partial charge in [-0.3, -0.25) is 4.79 Å². The maximum absolute atomic E-state index is 11.5. The Labute approximate surface area is 86.7 Å². The molecule has 0 bridgehead atoms. The van der Waals surface area contributed by atoms with E-state index in [1.165, 1.54) is 0 Å². The Hall–Kier alpha value is -2.28. The lowest BCUT2D eigenvalue weighted by Crippen LogP contribution is -2.23. The Kier molecular flexibility index (Phi) is 2.38. The van der Waals surface area contributed by atoms with Crippen LogP contribution in [0.5, 0.6) is 0 Å². The molecule has 2 N–H and O–H groups in total. The smallest absolute Gasteiger partial charge is 0.252 e. The zero-order valence-corrected chi connectivity index (χ0v) is 7.95. The molecule has 0 radical (unpaired) electrons. The van der Waals surface area contributed by atoms with E-state index < -0.39 is 0 Å². The number of fused-ring (bicyclic) bond motifs is 1. The summed E-state index contributed by atoms with van der Waals surface area (Å²) < 4.78 is 0. The van der Waals surface area contributed by atoms with E-state index in [0.29, 0.717) is 5.56 Å². The fraction of sp³-hybridized carbons (Fsp3) is 0.0909. The standard InChI is InChI=1S/C11H9N3O/c1-2-5-12-11(15)8-3-4-9-10(6-8)14-7-13-9/h1,3-4,6-7H,5H2,(H,12,15)(H,13,14). The molecule has 0 aliphatic carbocycles. The molecule has 0 spiro atoms. The molecule has 1 amide bonds. The van der Waals surface area contributed by atoms with Gasteiger partial charge in [0.05, 0.1) is 23.9 Å². The number of nitrogens with zero attached hydrogens (tertiary/aromatic N) is 1. The molecule has 0 aliphatic rings. The van der Waals surface area contributed by atoms with Crippen LogP contribution in [-0.4, -0.2) is 22.4 Å². The van der Waals surface area contributed by atoms with E-state index in [1.54, 1.807) is 24.5 Å². The van der Waals surface area contributed by atoms with Gasteiger partial charge in [0, 0.05) is 5.56 Å². The van der Waals surface area contributed by atoms with Crippen molar-refractivity contribution >= 4 is 16.9 Å². The molecule has 0 fully saturated rings. The van der Waals surface area contributed by atoms with E-state index >= 15 is 0 Å². The highest BCUT2D eigenvalue weighted by atomic mass is 16.1. The van der Waals surface area contributed by atoms with Gasteiger partial charge in [0.1, 0.15) is 0 Å². The minimum atomic E-state index is -0.176. The molecular weight excluding hydrogens is 190 g/mol. The maximum atomic E-state index is 11.5. The van der Waals surface area contributed by atoms with E-state index in [4.69, 9.17) is 6.42 Å². The number of hydrogen-bond acceptors (Lipinski definition) is 2. The fourth-order valence-electron chi connectivity index (χ4n) is 1.31. The van der Waals surface area contributed by atoms with Gasteiger partial charge in [0.15, 0.2) is 0 Å². The predicted octanol–water partition coefficient (Wildman–Crippen LogP) is 0.926. The van der Waals surface area contributed by atoms with E-state index in [-0.39, 0.29) is 12.5 Å². The van der Waals surface area contributed by atoms with Crippen molar-refractivity contribution in [2.45, 2.75) is 0 Å². The number of hydrogen-bond donors (Lipinski definition) is 2. The summed E-state index contributed by atoms with van der Waals surface area (Å²) in [6.45, 7) is 0.236. The summed E-state index contributed by atoms with van der Waals surface area (Å²) in [7, 11) is 0. The van der Waals surface area contributed by atoms with Crippen molar-refractivity contribution in [3.05, 3.63) is 30.1 Å². The Morgan fingerprint density at radius 1 is 1.60 bits per heavy atom. The highest BCUT2D eigenvalue weighted by Gasteiger charge is 2.05. The van der Waals surface area contributed by atoms with Crippen molar-refractivity contribution in [2.24, 2.45) is 0 Å². The van der Waals surface area contributed by atoms with Crippen LogP contribution in [0.25, 0.3) is 11.0 Å². The summed E-state index contributed by atoms with van der Waals surface area (Å²) in [5, 5.41) is 2.60. The summed E-state index contributed by atoms with van der Waals surface area (Å²) in [5.74, 6) is 2.17. The normalized spacial score (nSPS) is 9.80. The number of carbonyl (C=O) groups excluding carboxylic acids is 1. The first-order valence-electron chi connectivity index (χ1n) is 4.46. The number of nitrogens with one attached hydrogen (secondary N) is 2. The van der Waals surface area contributed by atoms with Gasteiger partial charge in [0.25, 0.3) is 5.91 Å². The molecule has 2 rings (SSSR count). The molecule has 15 heavy (non-hydrogen) atoms. The molecular formula is C11H9N3O. The lowest BCUT2D eigenvalue weighted by atomic mass is 10.2. The average Bonchev–Trinajstić information content (AvgIpc) is 2.72. The van der Waals surface area contributed by atoms with E-state index in [1.807, 2.05) is 0 Å². The molecule has 0 aliphatic heterocycles. The maximum Gasteiger partial charge on any atom is 0.252 e. The molecule has 1 heterocycles. The van der Waals surface area contributed by atoms with Crippen molar-refractivity contribution in [3.63, 3.8) is 0 Å². The Balaban J connectivity index is 2.28. The van der Waals surface area contributed by atoms with Crippen LogP contribution in [0.2, 0.25) is 0 Å². The van der Waals surface area contributed by atoms with Gasteiger partial charge in [-0.1, -0.05) is 5.92 Å². The van der Waals surface area contributed by atoms with Crippen molar-refractivity contribution < 1.29 is 4.79 Å². The zero-order valence-electron chi connectivity index (χ0n) is 7.95. The minimum absolute atomic E-state index is 0.176. The van der Waals surface area contributed by atoms with Gasteiger partial charge in [-0.05, 0) is 18.2 Å². The quantitative estimate of drug-likeness (QED) is 0.707. The third kappa shape index (κ3) is 1.81. The van der Waals surface area contributed by atoms with Crippen LogP contribution in [0, 0.1) is 12.3 Å². The number of carbonyl (C=O) groups is 1. The molecule has 0 saturated heterocycles. The third-order valence-electron chi connectivity index (χ3n) is 2.03. The Bertz CT molecular complexity index is 536. The third-order valence-corrected chi connectivity index (χ3v) is 2.03. The number of aromatic nitrogens is 2. The second kappa shape index (κ2) is 3.84. The SMILES string of the molecule is C#CCNC(=O)c1ccc2nc[nH]c2c1. The topological polar surface area (TPSA) is 57.8 Å². The van der Waals surface area contributed by atoms with Gasteiger partial charge < -0.3 is 10.3 Å². The largest absolute Gasteiger partial charge is 0.345 e. The molecule has 74 valence electrons. The highest BCUT2D eigenvalue weighted by Crippen LogP contribution is 2.11. The van der Waals surface area contributed by atoms with Crippen molar-refractivity contribution in [1.82, 2.24) is 15.3 Å². The number of amides is 1.